The second-order valence-electron chi connectivity index (χ2n) is 4.56. The molecule has 0 unspecified atom stereocenters. The highest BCUT2D eigenvalue weighted by Gasteiger charge is 2.37. The third kappa shape index (κ3) is 2.53. The molecule has 0 aromatic heterocycles. The molecule has 1 aromatic carbocycles. The second kappa shape index (κ2) is 5.20. The maximum absolute atomic E-state index is 12.0. The van der Waals surface area contributed by atoms with E-state index in [1.807, 2.05) is 0 Å². The Hall–Kier alpha value is -2.96. The quantitative estimate of drug-likeness (QED) is 0.621. The number of benzene rings is 1. The molecule has 0 radical (unpaired) electrons. The van der Waals surface area contributed by atoms with E-state index in [1.54, 1.807) is 12.1 Å². The number of barbiturate groups is 1. The molecule has 5 amide bonds. The van der Waals surface area contributed by atoms with E-state index in [1.165, 1.54) is 32.3 Å². The van der Waals surface area contributed by atoms with Crippen molar-refractivity contribution in [2.75, 3.05) is 14.1 Å². The van der Waals surface area contributed by atoms with Gasteiger partial charge in [0.05, 0.1) is 0 Å². The van der Waals surface area contributed by atoms with E-state index in [0.717, 1.165) is 9.80 Å². The number of rotatable bonds is 2. The molecule has 1 aromatic rings. The molecular formula is C14H13N3O4. The normalized spacial score (nSPS) is 15.5. The zero-order valence-corrected chi connectivity index (χ0v) is 11.5. The van der Waals surface area contributed by atoms with Gasteiger partial charge in [0.25, 0.3) is 11.8 Å². The van der Waals surface area contributed by atoms with Crippen molar-refractivity contribution in [1.82, 2.24) is 9.80 Å². The topological polar surface area (TPSA) is 101 Å². The van der Waals surface area contributed by atoms with Crippen LogP contribution >= 0.6 is 0 Å². The Bertz CT molecular complexity index is 650. The van der Waals surface area contributed by atoms with Gasteiger partial charge >= 0.3 is 6.03 Å². The molecule has 0 spiro atoms. The van der Waals surface area contributed by atoms with Gasteiger partial charge in [-0.05, 0) is 23.8 Å². The van der Waals surface area contributed by atoms with E-state index in [4.69, 9.17) is 5.73 Å². The number of primary amides is 1. The molecule has 1 aliphatic heterocycles. The monoisotopic (exact) mass is 287 g/mol. The summed E-state index contributed by atoms with van der Waals surface area (Å²) in [6.45, 7) is 0. The number of likely N-dealkylation sites (N-methyl/N-ethyl adjacent to an activating group) is 2. The predicted molar refractivity (Wildman–Crippen MR) is 73.9 cm³/mol. The van der Waals surface area contributed by atoms with Crippen LogP contribution in [0.3, 0.4) is 0 Å². The molecule has 21 heavy (non-hydrogen) atoms. The highest BCUT2D eigenvalue weighted by Crippen LogP contribution is 2.18. The first-order valence-electron chi connectivity index (χ1n) is 6.04. The molecule has 0 bridgehead atoms. The molecule has 1 fully saturated rings. The Labute approximate surface area is 120 Å². The van der Waals surface area contributed by atoms with Crippen LogP contribution in [0, 0.1) is 0 Å². The van der Waals surface area contributed by atoms with Crippen molar-refractivity contribution in [3.8, 4) is 0 Å². The van der Waals surface area contributed by atoms with Crippen molar-refractivity contribution >= 4 is 29.8 Å². The average molecular weight is 287 g/mol. The summed E-state index contributed by atoms with van der Waals surface area (Å²) in [5, 5.41) is 0. The van der Waals surface area contributed by atoms with Gasteiger partial charge in [-0.3, -0.25) is 24.2 Å². The van der Waals surface area contributed by atoms with Crippen molar-refractivity contribution in [3.05, 3.63) is 41.0 Å². The second-order valence-corrected chi connectivity index (χ2v) is 4.56. The van der Waals surface area contributed by atoms with Gasteiger partial charge in [-0.1, -0.05) is 12.1 Å². The minimum absolute atomic E-state index is 0.119. The maximum atomic E-state index is 12.0. The van der Waals surface area contributed by atoms with Gasteiger partial charge in [0, 0.05) is 19.7 Å². The standard InChI is InChI=1S/C14H13N3O4/c1-16-12(19)10(13(20)17(2)14(16)21)7-8-3-5-9(6-4-8)11(15)18/h3-7H,1-2H3,(H2,15,18). The van der Waals surface area contributed by atoms with Gasteiger partial charge < -0.3 is 5.73 Å². The molecule has 0 aliphatic carbocycles. The van der Waals surface area contributed by atoms with Crippen LogP contribution < -0.4 is 5.73 Å². The van der Waals surface area contributed by atoms with E-state index in [0.29, 0.717) is 11.1 Å². The third-order valence-corrected chi connectivity index (χ3v) is 3.15. The lowest BCUT2D eigenvalue weighted by Gasteiger charge is -2.28. The summed E-state index contributed by atoms with van der Waals surface area (Å²) in [5.74, 6) is -1.90. The number of imide groups is 2. The summed E-state index contributed by atoms with van der Waals surface area (Å²) in [6.07, 6.45) is 1.37. The summed E-state index contributed by atoms with van der Waals surface area (Å²) in [7, 11) is 2.61. The van der Waals surface area contributed by atoms with Gasteiger partial charge in [-0.15, -0.1) is 0 Å². The lowest BCUT2D eigenvalue weighted by molar-refractivity contribution is -0.134. The summed E-state index contributed by atoms with van der Waals surface area (Å²) in [5.41, 5.74) is 5.88. The van der Waals surface area contributed by atoms with Crippen LogP contribution in [0.15, 0.2) is 29.8 Å². The van der Waals surface area contributed by atoms with Crippen LogP contribution in [0.5, 0.6) is 0 Å². The SMILES string of the molecule is CN1C(=O)C(=Cc2ccc(C(N)=O)cc2)C(=O)N(C)C1=O. The minimum atomic E-state index is -0.675. The number of carbonyl (C=O) groups is 4. The van der Waals surface area contributed by atoms with E-state index in [2.05, 4.69) is 0 Å². The predicted octanol–water partition coefficient (Wildman–Crippen LogP) is 0.219. The fourth-order valence-corrected chi connectivity index (χ4v) is 1.89. The average Bonchev–Trinajstić information content (AvgIpc) is 2.48. The fraction of sp³-hybridized carbons (Fsp3) is 0.143. The van der Waals surface area contributed by atoms with E-state index < -0.39 is 23.8 Å². The van der Waals surface area contributed by atoms with Gasteiger partial charge in [-0.25, -0.2) is 4.79 Å². The van der Waals surface area contributed by atoms with Crippen molar-refractivity contribution in [2.24, 2.45) is 5.73 Å². The summed E-state index contributed by atoms with van der Waals surface area (Å²) in [4.78, 5) is 48.3. The Kier molecular flexibility index (Phi) is 3.58. The summed E-state index contributed by atoms with van der Waals surface area (Å²) >= 11 is 0. The first-order valence-corrected chi connectivity index (χ1v) is 6.04. The number of carbonyl (C=O) groups excluding carboxylic acids is 4. The minimum Gasteiger partial charge on any atom is -0.366 e. The van der Waals surface area contributed by atoms with Crippen LogP contribution in [0.25, 0.3) is 6.08 Å². The zero-order chi connectivity index (χ0) is 15.7. The fourth-order valence-electron chi connectivity index (χ4n) is 1.89. The van der Waals surface area contributed by atoms with Gasteiger partial charge in [0.15, 0.2) is 0 Å². The Morgan fingerprint density at radius 3 is 1.90 bits per heavy atom. The van der Waals surface area contributed by atoms with E-state index in [-0.39, 0.29) is 5.57 Å². The van der Waals surface area contributed by atoms with Crippen LogP contribution in [0.2, 0.25) is 0 Å². The summed E-state index contributed by atoms with van der Waals surface area (Å²) in [6, 6.07) is 5.43. The van der Waals surface area contributed by atoms with Crippen LogP contribution in [-0.2, 0) is 9.59 Å². The Morgan fingerprint density at radius 2 is 1.48 bits per heavy atom. The zero-order valence-electron chi connectivity index (χ0n) is 11.5. The number of hydrogen-bond donors (Lipinski definition) is 1. The number of nitrogens with two attached hydrogens (primary N) is 1. The molecule has 7 nitrogen and oxygen atoms in total. The largest absolute Gasteiger partial charge is 0.366 e. The molecule has 1 aliphatic rings. The lowest BCUT2D eigenvalue weighted by atomic mass is 10.1. The van der Waals surface area contributed by atoms with Gasteiger partial charge in [-0.2, -0.15) is 0 Å². The molecule has 0 saturated carbocycles. The summed E-state index contributed by atoms with van der Waals surface area (Å²) < 4.78 is 0. The van der Waals surface area contributed by atoms with Crippen molar-refractivity contribution < 1.29 is 19.2 Å². The van der Waals surface area contributed by atoms with E-state index >= 15 is 0 Å². The molecule has 0 atom stereocenters. The number of nitrogens with zero attached hydrogens (tertiary/aromatic N) is 2. The molecule has 108 valence electrons. The van der Waals surface area contributed by atoms with E-state index in [9.17, 15) is 19.2 Å². The first-order chi connectivity index (χ1) is 9.82. The smallest absolute Gasteiger partial charge is 0.333 e. The molecule has 7 heteroatoms. The van der Waals surface area contributed by atoms with Crippen LogP contribution in [-0.4, -0.2) is 47.6 Å². The third-order valence-electron chi connectivity index (χ3n) is 3.15. The van der Waals surface area contributed by atoms with Gasteiger partial charge in [0.2, 0.25) is 5.91 Å². The van der Waals surface area contributed by atoms with Crippen molar-refractivity contribution in [3.63, 3.8) is 0 Å². The first kappa shape index (κ1) is 14.4. The lowest BCUT2D eigenvalue weighted by Crippen LogP contribution is -2.52. The Morgan fingerprint density at radius 1 is 1.00 bits per heavy atom. The van der Waals surface area contributed by atoms with Gasteiger partial charge in [0.1, 0.15) is 5.57 Å². The molecule has 1 heterocycles. The molecular weight excluding hydrogens is 274 g/mol. The highest BCUT2D eigenvalue weighted by atomic mass is 16.2. The van der Waals surface area contributed by atoms with Crippen LogP contribution in [0.4, 0.5) is 4.79 Å². The molecule has 1 saturated heterocycles. The van der Waals surface area contributed by atoms with Crippen LogP contribution in [0.1, 0.15) is 15.9 Å². The molecule has 2 rings (SSSR count). The number of hydrogen-bond acceptors (Lipinski definition) is 4. The van der Waals surface area contributed by atoms with Crippen molar-refractivity contribution in [1.29, 1.82) is 0 Å². The Balaban J connectivity index is 2.39. The highest BCUT2D eigenvalue weighted by molar-refractivity contribution is 6.30. The number of urea groups is 1. The van der Waals surface area contributed by atoms with Crippen molar-refractivity contribution in [2.45, 2.75) is 0 Å². The maximum Gasteiger partial charge on any atom is 0.333 e. The molecule has 2 N–H and O–H groups in total. The number of amides is 5.